The lowest BCUT2D eigenvalue weighted by atomic mass is 10.1. The Kier molecular flexibility index (Phi) is 8.52. The minimum atomic E-state index is -3.82. The maximum absolute atomic E-state index is 12.9. The van der Waals surface area contributed by atoms with E-state index >= 15 is 0 Å². The van der Waals surface area contributed by atoms with Crippen molar-refractivity contribution in [2.45, 2.75) is 31.9 Å². The maximum atomic E-state index is 12.9. The van der Waals surface area contributed by atoms with E-state index in [0.29, 0.717) is 16.3 Å². The first-order valence-electron chi connectivity index (χ1n) is 11.0. The number of amides is 1. The van der Waals surface area contributed by atoms with Crippen LogP contribution in [0.4, 0.5) is 16.2 Å². The van der Waals surface area contributed by atoms with E-state index in [2.05, 4.69) is 29.0 Å². The molecule has 0 aliphatic heterocycles. The van der Waals surface area contributed by atoms with Crippen molar-refractivity contribution in [3.63, 3.8) is 0 Å². The quantitative estimate of drug-likeness (QED) is 0.407. The topological polar surface area (TPSA) is 88.6 Å². The maximum Gasteiger partial charge on any atom is 0.412 e. The van der Waals surface area contributed by atoms with Crippen LogP contribution in [0, 0.1) is 6.92 Å². The molecule has 0 aliphatic carbocycles. The molecule has 0 radical (unpaired) electrons. The van der Waals surface area contributed by atoms with Gasteiger partial charge in [0.2, 0.25) is 0 Å². The van der Waals surface area contributed by atoms with Gasteiger partial charge in [-0.3, -0.25) is 5.32 Å². The lowest BCUT2D eigenvalue weighted by molar-refractivity contribution is 0.122. The summed E-state index contributed by atoms with van der Waals surface area (Å²) in [7, 11) is -3.82. The number of sulfone groups is 1. The Morgan fingerprint density at radius 3 is 2.38 bits per heavy atom. The molecule has 1 atom stereocenters. The molecule has 34 heavy (non-hydrogen) atoms. The first-order valence-corrected chi connectivity index (χ1v) is 13.0. The molecule has 0 fully saturated rings. The normalized spacial score (nSPS) is 12.1. The summed E-state index contributed by atoms with van der Waals surface area (Å²) < 4.78 is 31.5. The summed E-state index contributed by atoms with van der Waals surface area (Å²) in [4.78, 5) is 18.9. The first-order chi connectivity index (χ1) is 16.2. The number of pyridine rings is 1. The molecule has 180 valence electrons. The number of halogens is 1. The van der Waals surface area contributed by atoms with Gasteiger partial charge in [-0.2, -0.15) is 0 Å². The highest BCUT2D eigenvalue weighted by atomic mass is 35.5. The minimum absolute atomic E-state index is 0.0826. The summed E-state index contributed by atoms with van der Waals surface area (Å²) >= 11 is 5.98. The van der Waals surface area contributed by atoms with Crippen molar-refractivity contribution in [3.8, 4) is 0 Å². The van der Waals surface area contributed by atoms with E-state index in [1.165, 1.54) is 12.3 Å². The zero-order chi connectivity index (χ0) is 24.7. The van der Waals surface area contributed by atoms with Crippen molar-refractivity contribution in [1.29, 1.82) is 0 Å². The summed E-state index contributed by atoms with van der Waals surface area (Å²) in [6.45, 7) is 7.80. The molecule has 0 saturated heterocycles. The smallest absolute Gasteiger partial charge is 0.412 e. The van der Waals surface area contributed by atoms with Gasteiger partial charge in [-0.1, -0.05) is 29.8 Å². The van der Waals surface area contributed by atoms with Crippen LogP contribution < -0.4 is 10.2 Å². The number of benzene rings is 2. The number of rotatable bonds is 9. The lowest BCUT2D eigenvalue weighted by Crippen LogP contribution is -2.24. The van der Waals surface area contributed by atoms with E-state index in [4.69, 9.17) is 16.3 Å². The number of aromatic nitrogens is 1. The molecule has 1 unspecified atom stereocenters. The van der Waals surface area contributed by atoms with E-state index in [1.54, 1.807) is 36.4 Å². The fraction of sp³-hybridized carbons (Fsp3) is 0.280. The van der Waals surface area contributed by atoms with Gasteiger partial charge in [0, 0.05) is 35.7 Å². The molecule has 0 spiro atoms. The first kappa shape index (κ1) is 25.5. The highest BCUT2D eigenvalue weighted by molar-refractivity contribution is 7.91. The average Bonchev–Trinajstić information content (AvgIpc) is 2.82. The highest BCUT2D eigenvalue weighted by Crippen LogP contribution is 2.26. The molecule has 1 amide bonds. The number of ether oxygens (including phenoxy) is 1. The third-order valence-electron chi connectivity index (χ3n) is 5.39. The van der Waals surface area contributed by atoms with Gasteiger partial charge >= 0.3 is 6.09 Å². The Labute approximate surface area is 205 Å². The zero-order valence-electron chi connectivity index (χ0n) is 19.4. The Hall–Kier alpha value is -3.10. The van der Waals surface area contributed by atoms with E-state index in [9.17, 15) is 13.2 Å². The van der Waals surface area contributed by atoms with Crippen molar-refractivity contribution < 1.29 is 17.9 Å². The minimum Gasteiger partial charge on any atom is -0.440 e. The van der Waals surface area contributed by atoms with Gasteiger partial charge in [-0.05, 0) is 74.4 Å². The molecule has 0 saturated carbocycles. The van der Waals surface area contributed by atoms with Crippen LogP contribution in [0.5, 0.6) is 0 Å². The molecular formula is C25H28ClN3O4S. The van der Waals surface area contributed by atoms with Crippen LogP contribution in [0.15, 0.2) is 71.9 Å². The van der Waals surface area contributed by atoms with E-state index < -0.39 is 27.8 Å². The molecule has 7 nitrogen and oxygen atoms in total. The van der Waals surface area contributed by atoms with Gasteiger partial charge in [-0.15, -0.1) is 0 Å². The Balaban J connectivity index is 1.81. The predicted molar refractivity (Wildman–Crippen MR) is 135 cm³/mol. The van der Waals surface area contributed by atoms with E-state index in [1.807, 2.05) is 25.1 Å². The van der Waals surface area contributed by atoms with E-state index in [-0.39, 0.29) is 5.03 Å². The monoisotopic (exact) mass is 501 g/mol. The zero-order valence-corrected chi connectivity index (χ0v) is 20.9. The van der Waals surface area contributed by atoms with Gasteiger partial charge < -0.3 is 9.64 Å². The Morgan fingerprint density at radius 2 is 1.79 bits per heavy atom. The van der Waals surface area contributed by atoms with Gasteiger partial charge in [0.05, 0.1) is 5.75 Å². The van der Waals surface area contributed by atoms with Crippen LogP contribution in [0.25, 0.3) is 0 Å². The fourth-order valence-corrected chi connectivity index (χ4v) is 5.00. The third-order valence-corrected chi connectivity index (χ3v) is 7.27. The second kappa shape index (κ2) is 11.4. The molecule has 2 aromatic carbocycles. The Morgan fingerprint density at radius 1 is 1.09 bits per heavy atom. The Bertz CT molecular complexity index is 1210. The number of nitrogens with zero attached hydrogens (tertiary/aromatic N) is 2. The van der Waals surface area contributed by atoms with Crippen LogP contribution in [-0.4, -0.2) is 38.3 Å². The largest absolute Gasteiger partial charge is 0.440 e. The molecule has 0 bridgehead atoms. The van der Waals surface area contributed by atoms with Gasteiger partial charge in [0.15, 0.2) is 14.9 Å². The number of carbonyl (C=O) groups is 1. The number of nitrogens with one attached hydrogen (secondary N) is 1. The number of anilines is 2. The van der Waals surface area contributed by atoms with Crippen LogP contribution in [0.1, 0.15) is 31.1 Å². The van der Waals surface area contributed by atoms with E-state index in [0.717, 1.165) is 24.3 Å². The standard InChI is InChI=1S/C25H28ClN3O4S/c1-4-29(5-2)21-13-14-22(18(3)16-21)28-25(30)33-23(19-9-11-20(26)12-10-19)17-34(31,32)24-8-6-7-15-27-24/h6-16,23H,4-5,17H2,1-3H3,(H,28,30). The highest BCUT2D eigenvalue weighted by Gasteiger charge is 2.27. The summed E-state index contributed by atoms with van der Waals surface area (Å²) in [5, 5.41) is 3.14. The van der Waals surface area contributed by atoms with Crippen molar-refractivity contribution >= 4 is 38.9 Å². The summed E-state index contributed by atoms with van der Waals surface area (Å²) in [5.74, 6) is -0.459. The van der Waals surface area contributed by atoms with Crippen LogP contribution in [0.2, 0.25) is 5.02 Å². The SMILES string of the molecule is CCN(CC)c1ccc(NC(=O)OC(CS(=O)(=O)c2ccccn2)c2ccc(Cl)cc2)c(C)c1. The summed E-state index contributed by atoms with van der Waals surface area (Å²) in [6, 6.07) is 16.9. The predicted octanol–water partition coefficient (Wildman–Crippen LogP) is 5.65. The van der Waals surface area contributed by atoms with Crippen LogP contribution in [0.3, 0.4) is 0 Å². The average molecular weight is 502 g/mol. The summed E-state index contributed by atoms with van der Waals surface area (Å²) in [5.41, 5.74) is 3.02. The number of aryl methyl sites for hydroxylation is 1. The molecule has 1 aromatic heterocycles. The molecule has 1 heterocycles. The van der Waals surface area contributed by atoms with Crippen molar-refractivity contribution in [2.24, 2.45) is 0 Å². The second-order valence-corrected chi connectivity index (χ2v) is 10.1. The summed E-state index contributed by atoms with van der Waals surface area (Å²) in [6.07, 6.45) is -0.406. The van der Waals surface area contributed by atoms with Gasteiger partial charge in [0.1, 0.15) is 6.10 Å². The molecule has 0 aliphatic rings. The molecule has 3 rings (SSSR count). The van der Waals surface area contributed by atoms with Crippen molar-refractivity contribution in [2.75, 3.05) is 29.1 Å². The molecule has 1 N–H and O–H groups in total. The fourth-order valence-electron chi connectivity index (χ4n) is 3.53. The second-order valence-electron chi connectivity index (χ2n) is 7.69. The third kappa shape index (κ3) is 6.48. The molecule has 3 aromatic rings. The molecular weight excluding hydrogens is 474 g/mol. The van der Waals surface area contributed by atoms with Gasteiger partial charge in [-0.25, -0.2) is 18.2 Å². The van der Waals surface area contributed by atoms with Crippen LogP contribution in [-0.2, 0) is 14.6 Å². The molecule has 9 heteroatoms. The number of hydrogen-bond acceptors (Lipinski definition) is 6. The van der Waals surface area contributed by atoms with Crippen molar-refractivity contribution in [3.05, 3.63) is 83.0 Å². The number of hydrogen-bond donors (Lipinski definition) is 1. The van der Waals surface area contributed by atoms with Gasteiger partial charge in [0.25, 0.3) is 0 Å². The number of carbonyl (C=O) groups excluding carboxylic acids is 1. The van der Waals surface area contributed by atoms with Crippen molar-refractivity contribution in [1.82, 2.24) is 4.98 Å². The van der Waals surface area contributed by atoms with Crippen LogP contribution >= 0.6 is 11.6 Å². The lowest BCUT2D eigenvalue weighted by Gasteiger charge is -2.23.